The van der Waals surface area contributed by atoms with E-state index in [9.17, 15) is 4.79 Å². The molecule has 19 heavy (non-hydrogen) atoms. The fraction of sp³-hybridized carbons (Fsp3) is 0.231. The number of halogens is 1. The zero-order valence-electron chi connectivity index (χ0n) is 10.0. The maximum absolute atomic E-state index is 12.1. The van der Waals surface area contributed by atoms with Crippen molar-refractivity contribution in [3.05, 3.63) is 39.9 Å². The molecule has 0 unspecified atom stereocenters. The summed E-state index contributed by atoms with van der Waals surface area (Å²) in [6, 6.07) is 5.00. The SMILES string of the molecule is Nc1cccc(C(=O)Nc2nc(C3CC3)cs2)c1Cl. The molecule has 1 fully saturated rings. The fourth-order valence-electron chi connectivity index (χ4n) is 1.80. The summed E-state index contributed by atoms with van der Waals surface area (Å²) in [5.41, 5.74) is 7.51. The standard InChI is InChI=1S/C13H12ClN3OS/c14-11-8(2-1-3-9(11)15)12(18)17-13-16-10(6-19-13)7-4-5-7/h1-3,6-7H,4-5,15H2,(H,16,17,18). The molecule has 3 rings (SSSR count). The van der Waals surface area contributed by atoms with Crippen molar-refractivity contribution in [1.82, 2.24) is 4.98 Å². The number of aromatic nitrogens is 1. The Bertz CT molecular complexity index is 637. The molecule has 1 heterocycles. The number of carbonyl (C=O) groups excluding carboxylic acids is 1. The lowest BCUT2D eigenvalue weighted by Gasteiger charge is -2.05. The lowest BCUT2D eigenvalue weighted by atomic mass is 10.2. The zero-order chi connectivity index (χ0) is 13.4. The number of amides is 1. The van der Waals surface area contributed by atoms with E-state index in [2.05, 4.69) is 10.3 Å². The average molecular weight is 294 g/mol. The van der Waals surface area contributed by atoms with Gasteiger partial charge in [-0.25, -0.2) is 4.98 Å². The molecule has 0 bridgehead atoms. The number of anilines is 2. The van der Waals surface area contributed by atoms with E-state index in [1.165, 1.54) is 24.2 Å². The minimum atomic E-state index is -0.283. The molecule has 1 aliphatic rings. The molecule has 1 aliphatic carbocycles. The highest BCUT2D eigenvalue weighted by Crippen LogP contribution is 2.41. The van der Waals surface area contributed by atoms with Crippen LogP contribution in [0.2, 0.25) is 5.02 Å². The third-order valence-corrected chi connectivity index (χ3v) is 4.21. The lowest BCUT2D eigenvalue weighted by Crippen LogP contribution is -2.12. The third kappa shape index (κ3) is 2.57. The number of nitrogens with one attached hydrogen (secondary N) is 1. The van der Waals surface area contributed by atoms with E-state index in [4.69, 9.17) is 17.3 Å². The topological polar surface area (TPSA) is 68.0 Å². The molecule has 1 aromatic carbocycles. The van der Waals surface area contributed by atoms with Gasteiger partial charge >= 0.3 is 0 Å². The number of hydrogen-bond donors (Lipinski definition) is 2. The highest BCUT2D eigenvalue weighted by atomic mass is 35.5. The van der Waals surface area contributed by atoms with Crippen LogP contribution in [-0.2, 0) is 0 Å². The van der Waals surface area contributed by atoms with Gasteiger partial charge in [0.15, 0.2) is 5.13 Å². The zero-order valence-corrected chi connectivity index (χ0v) is 11.6. The van der Waals surface area contributed by atoms with Crippen molar-refractivity contribution in [1.29, 1.82) is 0 Å². The first-order valence-electron chi connectivity index (χ1n) is 5.96. The van der Waals surface area contributed by atoms with Crippen LogP contribution in [0.5, 0.6) is 0 Å². The number of nitrogen functional groups attached to an aromatic ring is 1. The van der Waals surface area contributed by atoms with E-state index in [1.807, 2.05) is 5.38 Å². The lowest BCUT2D eigenvalue weighted by molar-refractivity contribution is 0.102. The maximum atomic E-state index is 12.1. The van der Waals surface area contributed by atoms with Crippen molar-refractivity contribution >= 4 is 39.7 Å². The van der Waals surface area contributed by atoms with Crippen molar-refractivity contribution in [2.45, 2.75) is 18.8 Å². The molecule has 2 aromatic rings. The summed E-state index contributed by atoms with van der Waals surface area (Å²) in [5.74, 6) is 0.298. The second kappa shape index (κ2) is 4.83. The van der Waals surface area contributed by atoms with E-state index in [0.29, 0.717) is 22.3 Å². The first-order chi connectivity index (χ1) is 9.15. The number of benzene rings is 1. The van der Waals surface area contributed by atoms with Gasteiger partial charge in [-0.05, 0) is 25.0 Å². The van der Waals surface area contributed by atoms with E-state index < -0.39 is 0 Å². The van der Waals surface area contributed by atoms with E-state index in [0.717, 1.165) is 5.69 Å². The van der Waals surface area contributed by atoms with Crippen LogP contribution in [0.4, 0.5) is 10.8 Å². The molecule has 1 amide bonds. The summed E-state index contributed by atoms with van der Waals surface area (Å²) in [5, 5.41) is 5.63. The minimum absolute atomic E-state index is 0.277. The maximum Gasteiger partial charge on any atom is 0.259 e. The molecule has 3 N–H and O–H groups in total. The first-order valence-corrected chi connectivity index (χ1v) is 7.21. The molecule has 0 aliphatic heterocycles. The Morgan fingerprint density at radius 2 is 2.26 bits per heavy atom. The molecule has 0 saturated heterocycles. The van der Waals surface area contributed by atoms with Gasteiger partial charge in [0.2, 0.25) is 0 Å². The second-order valence-corrected chi connectivity index (χ2v) is 5.75. The predicted molar refractivity (Wildman–Crippen MR) is 77.9 cm³/mol. The van der Waals surface area contributed by atoms with Gasteiger partial charge < -0.3 is 5.73 Å². The van der Waals surface area contributed by atoms with Gasteiger partial charge in [0, 0.05) is 11.3 Å². The Kier molecular flexibility index (Phi) is 3.16. The van der Waals surface area contributed by atoms with Gasteiger partial charge in [-0.1, -0.05) is 17.7 Å². The molecule has 1 aromatic heterocycles. The highest BCUT2D eigenvalue weighted by molar-refractivity contribution is 7.14. The number of nitrogens with two attached hydrogens (primary N) is 1. The highest BCUT2D eigenvalue weighted by Gasteiger charge is 2.26. The van der Waals surface area contributed by atoms with Crippen molar-refractivity contribution in [3.63, 3.8) is 0 Å². The van der Waals surface area contributed by atoms with Crippen LogP contribution in [-0.4, -0.2) is 10.9 Å². The van der Waals surface area contributed by atoms with Gasteiger partial charge in [0.1, 0.15) is 0 Å². The quantitative estimate of drug-likeness (QED) is 0.851. The van der Waals surface area contributed by atoms with Crippen molar-refractivity contribution < 1.29 is 4.79 Å². The largest absolute Gasteiger partial charge is 0.398 e. The van der Waals surface area contributed by atoms with Gasteiger partial charge in [-0.15, -0.1) is 11.3 Å². The van der Waals surface area contributed by atoms with Crippen molar-refractivity contribution in [3.8, 4) is 0 Å². The Labute approximate surface area is 119 Å². The van der Waals surface area contributed by atoms with E-state index in [1.54, 1.807) is 18.2 Å². The van der Waals surface area contributed by atoms with Gasteiger partial charge in [0.05, 0.1) is 22.0 Å². The Hall–Kier alpha value is -1.59. The van der Waals surface area contributed by atoms with E-state index >= 15 is 0 Å². The van der Waals surface area contributed by atoms with Crippen LogP contribution in [0, 0.1) is 0 Å². The molecule has 98 valence electrons. The van der Waals surface area contributed by atoms with Crippen LogP contribution < -0.4 is 11.1 Å². The molecule has 1 saturated carbocycles. The van der Waals surface area contributed by atoms with Gasteiger partial charge in [-0.3, -0.25) is 10.1 Å². The molecular weight excluding hydrogens is 282 g/mol. The third-order valence-electron chi connectivity index (χ3n) is 3.01. The Morgan fingerprint density at radius 3 is 3.00 bits per heavy atom. The number of hydrogen-bond acceptors (Lipinski definition) is 4. The van der Waals surface area contributed by atoms with Crippen LogP contribution in [0.3, 0.4) is 0 Å². The Morgan fingerprint density at radius 1 is 1.47 bits per heavy atom. The second-order valence-electron chi connectivity index (χ2n) is 4.51. The van der Waals surface area contributed by atoms with Gasteiger partial charge in [-0.2, -0.15) is 0 Å². The molecule has 4 nitrogen and oxygen atoms in total. The molecule has 0 atom stereocenters. The molecule has 0 radical (unpaired) electrons. The summed E-state index contributed by atoms with van der Waals surface area (Å²) < 4.78 is 0. The normalized spacial score (nSPS) is 14.4. The van der Waals surface area contributed by atoms with Crippen molar-refractivity contribution in [2.24, 2.45) is 0 Å². The number of thiazole rings is 1. The van der Waals surface area contributed by atoms with Crippen LogP contribution in [0.1, 0.15) is 34.8 Å². The predicted octanol–water partition coefficient (Wildman–Crippen LogP) is 3.51. The summed E-state index contributed by atoms with van der Waals surface area (Å²) in [4.78, 5) is 16.5. The molecular formula is C13H12ClN3OS. The first kappa shape index (κ1) is 12.4. The number of rotatable bonds is 3. The number of carbonyl (C=O) groups is 1. The monoisotopic (exact) mass is 293 g/mol. The summed E-state index contributed by atoms with van der Waals surface area (Å²) in [6.45, 7) is 0. The summed E-state index contributed by atoms with van der Waals surface area (Å²) in [6.07, 6.45) is 2.39. The minimum Gasteiger partial charge on any atom is -0.398 e. The number of nitrogens with zero attached hydrogens (tertiary/aromatic N) is 1. The molecule has 0 spiro atoms. The fourth-order valence-corrected chi connectivity index (χ4v) is 2.80. The van der Waals surface area contributed by atoms with E-state index in [-0.39, 0.29) is 10.9 Å². The molecule has 6 heteroatoms. The smallest absolute Gasteiger partial charge is 0.259 e. The summed E-state index contributed by atoms with van der Waals surface area (Å²) in [7, 11) is 0. The van der Waals surface area contributed by atoms with Crippen LogP contribution in [0.25, 0.3) is 0 Å². The van der Waals surface area contributed by atoms with Crippen molar-refractivity contribution in [2.75, 3.05) is 11.1 Å². The van der Waals surface area contributed by atoms with Gasteiger partial charge in [0.25, 0.3) is 5.91 Å². The van der Waals surface area contributed by atoms with Crippen LogP contribution >= 0.6 is 22.9 Å². The summed E-state index contributed by atoms with van der Waals surface area (Å²) >= 11 is 7.45. The Balaban J connectivity index is 1.78. The average Bonchev–Trinajstić information content (AvgIpc) is 3.14. The van der Waals surface area contributed by atoms with Crippen LogP contribution in [0.15, 0.2) is 23.6 Å².